The summed E-state index contributed by atoms with van der Waals surface area (Å²) in [4.78, 5) is 3.78. The van der Waals surface area contributed by atoms with Crippen molar-refractivity contribution >= 4 is 11.6 Å². The van der Waals surface area contributed by atoms with Gasteiger partial charge in [0.15, 0.2) is 0 Å². The summed E-state index contributed by atoms with van der Waals surface area (Å²) in [6, 6.07) is 6.86. The smallest absolute Gasteiger partial charge is 0.137 e. The highest BCUT2D eigenvalue weighted by molar-refractivity contribution is 6.31. The molecule has 2 rings (SSSR count). The summed E-state index contributed by atoms with van der Waals surface area (Å²) in [5.74, 6) is 0. The van der Waals surface area contributed by atoms with Gasteiger partial charge in [0.2, 0.25) is 0 Å². The Kier molecular flexibility index (Phi) is 3.42. The Balaban J connectivity index is 2.34. The van der Waals surface area contributed by atoms with Crippen molar-refractivity contribution in [1.29, 1.82) is 0 Å². The van der Waals surface area contributed by atoms with Gasteiger partial charge in [-0.25, -0.2) is 9.67 Å². The first-order valence-corrected chi connectivity index (χ1v) is 5.44. The normalized spacial score (nSPS) is 14.5. The fourth-order valence-corrected chi connectivity index (χ4v) is 1.95. The highest BCUT2D eigenvalue weighted by atomic mass is 35.5. The molecule has 0 radical (unpaired) electrons. The van der Waals surface area contributed by atoms with Gasteiger partial charge in [-0.1, -0.05) is 29.8 Å². The van der Waals surface area contributed by atoms with Crippen LogP contribution in [-0.4, -0.2) is 31.6 Å². The third kappa shape index (κ3) is 2.46. The Hall–Kier alpha value is -1.43. The minimum Gasteiger partial charge on any atom is -0.393 e. The van der Waals surface area contributed by atoms with E-state index >= 15 is 0 Å². The zero-order valence-corrected chi connectivity index (χ0v) is 9.75. The molecule has 0 fully saturated rings. The van der Waals surface area contributed by atoms with E-state index in [9.17, 15) is 10.2 Å². The third-order valence-electron chi connectivity index (χ3n) is 2.53. The van der Waals surface area contributed by atoms with Crippen LogP contribution in [0.2, 0.25) is 5.02 Å². The van der Waals surface area contributed by atoms with Crippen molar-refractivity contribution in [3.8, 4) is 0 Å². The fraction of sp³-hybridized carbons (Fsp3) is 0.273. The van der Waals surface area contributed by atoms with Gasteiger partial charge in [-0.15, -0.1) is 0 Å². The first-order valence-electron chi connectivity index (χ1n) is 5.06. The number of halogens is 1. The summed E-state index contributed by atoms with van der Waals surface area (Å²) < 4.78 is 1.44. The molecule has 2 N–H and O–H groups in total. The molecule has 0 saturated heterocycles. The second-order valence-corrected chi connectivity index (χ2v) is 4.17. The van der Waals surface area contributed by atoms with Crippen LogP contribution in [0.1, 0.15) is 5.56 Å². The quantitative estimate of drug-likeness (QED) is 0.846. The van der Waals surface area contributed by atoms with Crippen LogP contribution in [0.25, 0.3) is 0 Å². The fourth-order valence-electron chi connectivity index (χ4n) is 1.64. The van der Waals surface area contributed by atoms with E-state index in [4.69, 9.17) is 11.6 Å². The molecule has 0 aliphatic rings. The first kappa shape index (κ1) is 12.0. The van der Waals surface area contributed by atoms with E-state index in [1.165, 1.54) is 17.3 Å². The van der Waals surface area contributed by atoms with Crippen molar-refractivity contribution in [3.63, 3.8) is 0 Å². The van der Waals surface area contributed by atoms with Crippen molar-refractivity contribution in [1.82, 2.24) is 14.8 Å². The van der Waals surface area contributed by atoms with Gasteiger partial charge in [0, 0.05) is 10.6 Å². The van der Waals surface area contributed by atoms with Crippen LogP contribution >= 0.6 is 11.6 Å². The molecule has 6 heteroatoms. The summed E-state index contributed by atoms with van der Waals surface area (Å²) in [6.45, 7) is -0.357. The molecule has 17 heavy (non-hydrogen) atoms. The molecule has 0 aliphatic carbocycles. The SMILES string of the molecule is OCC(O)(Cn1cncn1)c1ccccc1Cl. The van der Waals surface area contributed by atoms with Gasteiger partial charge in [-0.05, 0) is 6.07 Å². The Morgan fingerprint density at radius 3 is 2.71 bits per heavy atom. The van der Waals surface area contributed by atoms with Gasteiger partial charge < -0.3 is 10.2 Å². The van der Waals surface area contributed by atoms with Crippen molar-refractivity contribution in [2.45, 2.75) is 12.1 Å². The van der Waals surface area contributed by atoms with E-state index in [0.717, 1.165) is 0 Å². The molecule has 1 unspecified atom stereocenters. The molecule has 0 aliphatic heterocycles. The summed E-state index contributed by atoms with van der Waals surface area (Å²) in [5, 5.41) is 24.1. The van der Waals surface area contributed by atoms with Crippen LogP contribution in [0.3, 0.4) is 0 Å². The molecular weight excluding hydrogens is 242 g/mol. The number of aliphatic hydroxyl groups excluding tert-OH is 1. The lowest BCUT2D eigenvalue weighted by Gasteiger charge is -2.26. The van der Waals surface area contributed by atoms with Crippen molar-refractivity contribution in [2.75, 3.05) is 6.61 Å². The number of hydrogen-bond donors (Lipinski definition) is 2. The molecule has 0 saturated carbocycles. The second-order valence-electron chi connectivity index (χ2n) is 3.76. The molecule has 5 nitrogen and oxygen atoms in total. The van der Waals surface area contributed by atoms with Crippen LogP contribution in [0.5, 0.6) is 0 Å². The lowest BCUT2D eigenvalue weighted by atomic mass is 9.94. The number of benzene rings is 1. The Bertz CT molecular complexity index is 489. The summed E-state index contributed by atoms with van der Waals surface area (Å²) in [6.07, 6.45) is 2.84. The largest absolute Gasteiger partial charge is 0.393 e. The summed E-state index contributed by atoms with van der Waals surface area (Å²) in [5.41, 5.74) is -0.994. The third-order valence-corrected chi connectivity index (χ3v) is 2.86. The van der Waals surface area contributed by atoms with Gasteiger partial charge in [0.25, 0.3) is 0 Å². The lowest BCUT2D eigenvalue weighted by molar-refractivity contribution is -0.0356. The van der Waals surface area contributed by atoms with Gasteiger partial charge in [0.1, 0.15) is 18.3 Å². The molecule has 0 amide bonds. The van der Waals surface area contributed by atoms with E-state index in [2.05, 4.69) is 10.1 Å². The summed E-state index contributed by atoms with van der Waals surface area (Å²) >= 11 is 6.01. The molecule has 1 aromatic heterocycles. The molecule has 0 bridgehead atoms. The monoisotopic (exact) mass is 253 g/mol. The molecule has 1 heterocycles. The first-order chi connectivity index (χ1) is 8.15. The molecule has 2 aromatic rings. The average Bonchev–Trinajstić information content (AvgIpc) is 2.82. The van der Waals surface area contributed by atoms with Gasteiger partial charge >= 0.3 is 0 Å². The zero-order valence-electron chi connectivity index (χ0n) is 8.99. The molecule has 1 aromatic carbocycles. The van der Waals surface area contributed by atoms with Crippen LogP contribution in [0, 0.1) is 0 Å². The Labute approximate surface area is 103 Å². The van der Waals surface area contributed by atoms with Crippen LogP contribution in [-0.2, 0) is 12.1 Å². The van der Waals surface area contributed by atoms with Gasteiger partial charge in [-0.2, -0.15) is 5.10 Å². The molecule has 1 atom stereocenters. The zero-order chi connectivity index (χ0) is 12.3. The van der Waals surface area contributed by atoms with Crippen LogP contribution in [0.4, 0.5) is 0 Å². The number of aromatic nitrogens is 3. The van der Waals surface area contributed by atoms with Crippen molar-refractivity contribution < 1.29 is 10.2 Å². The maximum Gasteiger partial charge on any atom is 0.137 e. The molecule has 90 valence electrons. The average molecular weight is 254 g/mol. The van der Waals surface area contributed by atoms with Gasteiger partial charge in [-0.3, -0.25) is 0 Å². The van der Waals surface area contributed by atoms with E-state index in [-0.39, 0.29) is 6.54 Å². The Morgan fingerprint density at radius 2 is 2.12 bits per heavy atom. The summed E-state index contributed by atoms with van der Waals surface area (Å²) in [7, 11) is 0. The predicted octanol–water partition coefficient (Wildman–Crippen LogP) is 0.812. The number of rotatable bonds is 4. The van der Waals surface area contributed by atoms with Crippen molar-refractivity contribution in [2.24, 2.45) is 0 Å². The number of hydrogen-bond acceptors (Lipinski definition) is 4. The van der Waals surface area contributed by atoms with E-state index in [1.54, 1.807) is 24.3 Å². The van der Waals surface area contributed by atoms with E-state index < -0.39 is 12.2 Å². The minimum absolute atomic E-state index is 0.0905. The van der Waals surface area contributed by atoms with Crippen LogP contribution < -0.4 is 0 Å². The number of nitrogens with zero attached hydrogens (tertiary/aromatic N) is 3. The van der Waals surface area contributed by atoms with E-state index in [1.807, 2.05) is 0 Å². The maximum absolute atomic E-state index is 10.4. The molecular formula is C11H12ClN3O2. The van der Waals surface area contributed by atoms with Gasteiger partial charge in [0.05, 0.1) is 13.2 Å². The topological polar surface area (TPSA) is 71.2 Å². The minimum atomic E-state index is -1.47. The number of aliphatic hydroxyl groups is 2. The highest BCUT2D eigenvalue weighted by Crippen LogP contribution is 2.29. The van der Waals surface area contributed by atoms with Crippen molar-refractivity contribution in [3.05, 3.63) is 47.5 Å². The second kappa shape index (κ2) is 4.83. The van der Waals surface area contributed by atoms with Crippen LogP contribution in [0.15, 0.2) is 36.9 Å². The molecule has 0 spiro atoms. The van der Waals surface area contributed by atoms with E-state index in [0.29, 0.717) is 10.6 Å². The predicted molar refractivity (Wildman–Crippen MR) is 62.5 cm³/mol. The lowest BCUT2D eigenvalue weighted by Crippen LogP contribution is -2.35. The highest BCUT2D eigenvalue weighted by Gasteiger charge is 2.31. The Morgan fingerprint density at radius 1 is 1.35 bits per heavy atom. The standard InChI is InChI=1S/C11H12ClN3O2/c12-10-4-2-1-3-9(10)11(17,6-16)5-15-8-13-7-14-15/h1-4,7-8,16-17H,5-6H2. The maximum atomic E-state index is 10.4.